The van der Waals surface area contributed by atoms with Gasteiger partial charge in [0.25, 0.3) is 5.91 Å². The highest BCUT2D eigenvalue weighted by Crippen LogP contribution is 2.30. The maximum atomic E-state index is 12.4. The molecule has 0 bridgehead atoms. The van der Waals surface area contributed by atoms with Crippen molar-refractivity contribution in [1.82, 2.24) is 4.90 Å². The molecule has 2 heterocycles. The molecule has 1 atom stereocenters. The molecule has 0 radical (unpaired) electrons. The number of thiophene rings is 1. The van der Waals surface area contributed by atoms with Gasteiger partial charge in [0.1, 0.15) is 0 Å². The van der Waals surface area contributed by atoms with Gasteiger partial charge in [-0.25, -0.2) is 0 Å². The van der Waals surface area contributed by atoms with Gasteiger partial charge in [0.15, 0.2) is 0 Å². The first-order valence-electron chi connectivity index (χ1n) is 6.19. The van der Waals surface area contributed by atoms with E-state index in [1.165, 1.54) is 22.5 Å². The molecule has 1 aliphatic heterocycles. The number of carbonyl (C=O) groups excluding carboxylic acids is 1. The molecule has 0 saturated carbocycles. The highest BCUT2D eigenvalue weighted by molar-refractivity contribution is 7.12. The molecular weight excluding hydrogens is 242 g/mol. The summed E-state index contributed by atoms with van der Waals surface area (Å²) in [5.74, 6) is 0.159. The fraction of sp³-hybridized carbons (Fsp3) is 0.267. The van der Waals surface area contributed by atoms with Crippen molar-refractivity contribution in [3.8, 4) is 0 Å². The van der Waals surface area contributed by atoms with Gasteiger partial charge in [0, 0.05) is 6.54 Å². The average molecular weight is 257 g/mol. The molecule has 0 spiro atoms. The molecule has 2 nitrogen and oxygen atoms in total. The zero-order chi connectivity index (χ0) is 12.5. The normalized spacial score (nSPS) is 18.5. The van der Waals surface area contributed by atoms with E-state index in [1.807, 2.05) is 22.4 Å². The van der Waals surface area contributed by atoms with Crippen LogP contribution < -0.4 is 0 Å². The molecule has 1 amide bonds. The van der Waals surface area contributed by atoms with Crippen molar-refractivity contribution in [3.63, 3.8) is 0 Å². The molecule has 0 aliphatic carbocycles. The average Bonchev–Trinajstić information content (AvgIpc) is 2.93. The van der Waals surface area contributed by atoms with Crippen LogP contribution in [-0.2, 0) is 6.42 Å². The minimum absolute atomic E-state index is 0.159. The first-order chi connectivity index (χ1) is 8.77. The molecule has 1 aromatic carbocycles. The lowest BCUT2D eigenvalue weighted by Crippen LogP contribution is -2.38. The van der Waals surface area contributed by atoms with Gasteiger partial charge in [-0.2, -0.15) is 0 Å². The van der Waals surface area contributed by atoms with Gasteiger partial charge in [-0.3, -0.25) is 4.79 Å². The van der Waals surface area contributed by atoms with Crippen molar-refractivity contribution in [2.45, 2.75) is 19.4 Å². The zero-order valence-corrected chi connectivity index (χ0v) is 11.1. The summed E-state index contributed by atoms with van der Waals surface area (Å²) in [5, 5.41) is 1.95. The molecule has 1 aliphatic rings. The maximum absolute atomic E-state index is 12.4. The molecule has 1 unspecified atom stereocenters. The van der Waals surface area contributed by atoms with Crippen molar-refractivity contribution in [2.24, 2.45) is 0 Å². The summed E-state index contributed by atoms with van der Waals surface area (Å²) in [5.41, 5.74) is 2.66. The van der Waals surface area contributed by atoms with E-state index in [1.54, 1.807) is 0 Å². The van der Waals surface area contributed by atoms with Crippen LogP contribution in [-0.4, -0.2) is 17.4 Å². The number of nitrogens with zero attached hydrogens (tertiary/aromatic N) is 1. The van der Waals surface area contributed by atoms with Gasteiger partial charge in [0.2, 0.25) is 0 Å². The van der Waals surface area contributed by atoms with E-state index in [9.17, 15) is 4.79 Å². The fourth-order valence-corrected chi connectivity index (χ4v) is 3.27. The first kappa shape index (κ1) is 11.5. The quantitative estimate of drug-likeness (QED) is 0.765. The second-order valence-electron chi connectivity index (χ2n) is 4.60. The van der Waals surface area contributed by atoms with E-state index in [4.69, 9.17) is 0 Å². The van der Waals surface area contributed by atoms with E-state index in [0.717, 1.165) is 17.8 Å². The van der Waals surface area contributed by atoms with Crippen LogP contribution in [0.15, 0.2) is 41.8 Å². The Kier molecular flexibility index (Phi) is 2.92. The van der Waals surface area contributed by atoms with E-state index in [0.29, 0.717) is 0 Å². The largest absolute Gasteiger partial charge is 0.331 e. The van der Waals surface area contributed by atoms with Gasteiger partial charge < -0.3 is 4.90 Å². The van der Waals surface area contributed by atoms with E-state index < -0.39 is 0 Å². The number of rotatable bonds is 1. The summed E-state index contributed by atoms with van der Waals surface area (Å²) in [7, 11) is 0. The van der Waals surface area contributed by atoms with Crippen LogP contribution in [0.3, 0.4) is 0 Å². The smallest absolute Gasteiger partial charge is 0.264 e. The minimum Gasteiger partial charge on any atom is -0.331 e. The Bertz CT molecular complexity index is 562. The van der Waals surface area contributed by atoms with Crippen LogP contribution >= 0.6 is 11.3 Å². The van der Waals surface area contributed by atoms with Gasteiger partial charge in [0.05, 0.1) is 10.9 Å². The Morgan fingerprint density at radius 2 is 2.11 bits per heavy atom. The van der Waals surface area contributed by atoms with E-state index >= 15 is 0 Å². The van der Waals surface area contributed by atoms with Crippen molar-refractivity contribution in [3.05, 3.63) is 57.8 Å². The van der Waals surface area contributed by atoms with Gasteiger partial charge in [-0.1, -0.05) is 30.3 Å². The van der Waals surface area contributed by atoms with Gasteiger partial charge in [-0.15, -0.1) is 11.3 Å². The third-order valence-electron chi connectivity index (χ3n) is 3.59. The summed E-state index contributed by atoms with van der Waals surface area (Å²) < 4.78 is 0. The fourth-order valence-electron chi connectivity index (χ4n) is 2.59. The molecule has 2 aromatic rings. The number of hydrogen-bond acceptors (Lipinski definition) is 2. The first-order valence-corrected chi connectivity index (χ1v) is 7.07. The van der Waals surface area contributed by atoms with Crippen LogP contribution in [0.4, 0.5) is 0 Å². The van der Waals surface area contributed by atoms with Crippen LogP contribution in [0, 0.1) is 0 Å². The molecule has 0 fully saturated rings. The second-order valence-corrected chi connectivity index (χ2v) is 5.55. The van der Waals surface area contributed by atoms with Crippen LogP contribution in [0.5, 0.6) is 0 Å². The summed E-state index contributed by atoms with van der Waals surface area (Å²) >= 11 is 1.52. The molecular formula is C15H15NOS. The molecule has 3 rings (SSSR count). The molecule has 3 heteroatoms. The number of amides is 1. The van der Waals surface area contributed by atoms with Crippen molar-refractivity contribution in [1.29, 1.82) is 0 Å². The van der Waals surface area contributed by atoms with Crippen molar-refractivity contribution < 1.29 is 4.79 Å². The number of benzene rings is 1. The Labute approximate surface area is 111 Å². The summed E-state index contributed by atoms with van der Waals surface area (Å²) in [6.07, 6.45) is 0.956. The highest BCUT2D eigenvalue weighted by atomic mass is 32.1. The molecule has 0 saturated heterocycles. The standard InChI is InChI=1S/C15H15NOS/c1-11-13-6-3-2-5-12(13)8-9-16(11)15(17)14-7-4-10-18-14/h2-7,10-11H,8-9H2,1H3. The molecule has 18 heavy (non-hydrogen) atoms. The topological polar surface area (TPSA) is 20.3 Å². The second kappa shape index (κ2) is 4.58. The Morgan fingerprint density at radius 3 is 2.89 bits per heavy atom. The summed E-state index contributed by atoms with van der Waals surface area (Å²) in [4.78, 5) is 15.2. The third kappa shape index (κ3) is 1.85. The molecule has 92 valence electrons. The summed E-state index contributed by atoms with van der Waals surface area (Å²) in [6, 6.07) is 12.4. The number of hydrogen-bond donors (Lipinski definition) is 0. The SMILES string of the molecule is CC1c2ccccc2CCN1C(=O)c1cccs1. The third-order valence-corrected chi connectivity index (χ3v) is 4.45. The Hall–Kier alpha value is -1.61. The minimum atomic E-state index is 0.159. The number of fused-ring (bicyclic) bond motifs is 1. The predicted molar refractivity (Wildman–Crippen MR) is 73.9 cm³/mol. The summed E-state index contributed by atoms with van der Waals surface area (Å²) in [6.45, 7) is 2.93. The lowest BCUT2D eigenvalue weighted by atomic mass is 9.93. The Balaban J connectivity index is 1.91. The molecule has 0 N–H and O–H groups in total. The van der Waals surface area contributed by atoms with Gasteiger partial charge >= 0.3 is 0 Å². The van der Waals surface area contributed by atoms with Crippen LogP contribution in [0.2, 0.25) is 0 Å². The van der Waals surface area contributed by atoms with Crippen LogP contribution in [0.25, 0.3) is 0 Å². The van der Waals surface area contributed by atoms with Crippen molar-refractivity contribution in [2.75, 3.05) is 6.54 Å². The lowest BCUT2D eigenvalue weighted by Gasteiger charge is -2.35. The maximum Gasteiger partial charge on any atom is 0.264 e. The zero-order valence-electron chi connectivity index (χ0n) is 10.3. The van der Waals surface area contributed by atoms with E-state index in [-0.39, 0.29) is 11.9 Å². The highest BCUT2D eigenvalue weighted by Gasteiger charge is 2.28. The van der Waals surface area contributed by atoms with Crippen LogP contribution in [0.1, 0.15) is 33.8 Å². The van der Waals surface area contributed by atoms with Gasteiger partial charge in [-0.05, 0) is 35.9 Å². The lowest BCUT2D eigenvalue weighted by molar-refractivity contribution is 0.0683. The molecule has 1 aromatic heterocycles. The Morgan fingerprint density at radius 1 is 1.28 bits per heavy atom. The van der Waals surface area contributed by atoms with E-state index in [2.05, 4.69) is 31.2 Å². The predicted octanol–water partition coefficient (Wildman–Crippen LogP) is 3.51. The van der Waals surface area contributed by atoms with Crippen molar-refractivity contribution >= 4 is 17.2 Å². The monoisotopic (exact) mass is 257 g/mol. The number of carbonyl (C=O) groups is 1.